The first-order valence-electron chi connectivity index (χ1n) is 7.10. The molecular formula is C14H16ClN3O3S. The molecule has 4 rings (SSSR count). The highest BCUT2D eigenvalue weighted by molar-refractivity contribution is 7.88. The monoisotopic (exact) mass is 341 g/mol. The summed E-state index contributed by atoms with van der Waals surface area (Å²) in [7, 11) is -3.21. The average Bonchev–Trinajstić information content (AvgIpc) is 2.83. The Balaban J connectivity index is 1.64. The highest BCUT2D eigenvalue weighted by Gasteiger charge is 2.62. The van der Waals surface area contributed by atoms with Crippen molar-refractivity contribution < 1.29 is 13.5 Å². The quantitative estimate of drug-likeness (QED) is 0.785. The molecule has 3 N–H and O–H groups in total. The topological polar surface area (TPSA) is 95.1 Å². The first-order valence-corrected chi connectivity index (χ1v) is 9.37. The Morgan fingerprint density at radius 2 is 2.09 bits per heavy atom. The molecule has 8 heteroatoms. The molecule has 0 saturated heterocycles. The van der Waals surface area contributed by atoms with Gasteiger partial charge in [0, 0.05) is 22.0 Å². The van der Waals surface area contributed by atoms with Gasteiger partial charge >= 0.3 is 0 Å². The zero-order valence-electron chi connectivity index (χ0n) is 11.9. The Hall–Kier alpha value is -1.15. The lowest BCUT2D eigenvalue weighted by atomic mass is 9.87. The highest BCUT2D eigenvalue weighted by Crippen LogP contribution is 2.60. The number of H-pyrrole nitrogens is 1. The fraction of sp³-hybridized carbons (Fsp3) is 0.500. The molecule has 1 heterocycles. The van der Waals surface area contributed by atoms with E-state index in [0.717, 1.165) is 16.5 Å². The Kier molecular flexibility index (Phi) is 2.92. The third kappa shape index (κ3) is 2.23. The number of aromatic nitrogens is 2. The predicted octanol–water partition coefficient (Wildman–Crippen LogP) is 1.36. The SMILES string of the molecule is CS(=O)(=O)N[C@H]1[C@@H]2C[C@@](O)(c3cc(Cl)cc4cn[nH]c34)C[C@@H]21. The van der Waals surface area contributed by atoms with Crippen molar-refractivity contribution in [2.75, 3.05) is 6.26 Å². The summed E-state index contributed by atoms with van der Waals surface area (Å²) >= 11 is 6.14. The number of sulfonamides is 1. The molecule has 2 aliphatic carbocycles. The summed E-state index contributed by atoms with van der Waals surface area (Å²) in [6, 6.07) is 3.52. The van der Waals surface area contributed by atoms with Gasteiger partial charge in [-0.1, -0.05) is 11.6 Å². The number of aliphatic hydroxyl groups is 1. The maximum atomic E-state index is 11.3. The summed E-state index contributed by atoms with van der Waals surface area (Å²) in [5, 5.41) is 19.4. The van der Waals surface area contributed by atoms with Gasteiger partial charge in [0.15, 0.2) is 0 Å². The molecule has 22 heavy (non-hydrogen) atoms. The number of rotatable bonds is 3. The number of aromatic amines is 1. The highest BCUT2D eigenvalue weighted by atomic mass is 35.5. The van der Waals surface area contributed by atoms with Crippen LogP contribution in [0.4, 0.5) is 0 Å². The summed E-state index contributed by atoms with van der Waals surface area (Å²) < 4.78 is 25.3. The third-order valence-electron chi connectivity index (χ3n) is 4.84. The van der Waals surface area contributed by atoms with Gasteiger partial charge < -0.3 is 5.11 Å². The van der Waals surface area contributed by atoms with Gasteiger partial charge in [0.2, 0.25) is 10.0 Å². The van der Waals surface area contributed by atoms with Crippen molar-refractivity contribution in [1.82, 2.24) is 14.9 Å². The van der Waals surface area contributed by atoms with Crippen LogP contribution < -0.4 is 4.72 Å². The van der Waals surface area contributed by atoms with Gasteiger partial charge in [-0.3, -0.25) is 5.10 Å². The first-order chi connectivity index (χ1) is 10.3. The molecule has 0 unspecified atom stereocenters. The van der Waals surface area contributed by atoms with E-state index < -0.39 is 15.6 Å². The van der Waals surface area contributed by atoms with E-state index in [0.29, 0.717) is 17.9 Å². The van der Waals surface area contributed by atoms with Crippen molar-refractivity contribution >= 4 is 32.5 Å². The van der Waals surface area contributed by atoms with Crippen LogP contribution in [0.1, 0.15) is 18.4 Å². The van der Waals surface area contributed by atoms with Gasteiger partial charge in [0.05, 0.1) is 23.6 Å². The number of fused-ring (bicyclic) bond motifs is 2. The van der Waals surface area contributed by atoms with Crippen LogP contribution in [0.3, 0.4) is 0 Å². The molecule has 0 aliphatic heterocycles. The lowest BCUT2D eigenvalue weighted by Crippen LogP contribution is -2.33. The first kappa shape index (κ1) is 14.4. The summed E-state index contributed by atoms with van der Waals surface area (Å²) in [4.78, 5) is 0. The molecule has 2 saturated carbocycles. The van der Waals surface area contributed by atoms with Gasteiger partial charge in [-0.25, -0.2) is 13.1 Å². The third-order valence-corrected chi connectivity index (χ3v) is 5.76. The standard InChI is InChI=1S/C14H16ClN3O3S/c1-22(20,21)18-13-9-4-14(19,5-10(9)13)11-3-8(15)2-7-6-16-17-12(7)11/h2-3,6,9-10,13,18-19H,4-5H2,1H3,(H,16,17)/t9-,10+,13+,14+. The molecule has 2 aliphatic rings. The van der Waals surface area contributed by atoms with Crippen molar-refractivity contribution in [3.05, 3.63) is 28.9 Å². The van der Waals surface area contributed by atoms with Crippen LogP contribution in [-0.2, 0) is 15.6 Å². The van der Waals surface area contributed by atoms with Crippen molar-refractivity contribution in [2.24, 2.45) is 11.8 Å². The van der Waals surface area contributed by atoms with Gasteiger partial charge in [0.1, 0.15) is 0 Å². The molecule has 2 fully saturated rings. The second kappa shape index (κ2) is 4.44. The summed E-state index contributed by atoms with van der Waals surface area (Å²) in [6.07, 6.45) is 3.90. The number of nitrogens with zero attached hydrogens (tertiary/aromatic N) is 1. The van der Waals surface area contributed by atoms with Crippen LogP contribution in [0.25, 0.3) is 10.9 Å². The Morgan fingerprint density at radius 1 is 1.41 bits per heavy atom. The van der Waals surface area contributed by atoms with Crippen LogP contribution >= 0.6 is 11.6 Å². The number of halogens is 1. The smallest absolute Gasteiger partial charge is 0.208 e. The van der Waals surface area contributed by atoms with Gasteiger partial charge in [-0.2, -0.15) is 5.10 Å². The van der Waals surface area contributed by atoms with Crippen LogP contribution in [0.2, 0.25) is 5.02 Å². The summed E-state index contributed by atoms with van der Waals surface area (Å²) in [5.74, 6) is 0.355. The molecule has 0 radical (unpaired) electrons. The minimum atomic E-state index is -3.21. The van der Waals surface area contributed by atoms with Crippen LogP contribution in [0.15, 0.2) is 18.3 Å². The number of benzene rings is 1. The number of nitrogens with one attached hydrogen (secondary N) is 2. The van der Waals surface area contributed by atoms with E-state index in [2.05, 4.69) is 14.9 Å². The molecular weight excluding hydrogens is 326 g/mol. The van der Waals surface area contributed by atoms with E-state index in [1.54, 1.807) is 18.3 Å². The predicted molar refractivity (Wildman–Crippen MR) is 83.0 cm³/mol. The molecule has 4 atom stereocenters. The van der Waals surface area contributed by atoms with E-state index >= 15 is 0 Å². The van der Waals surface area contributed by atoms with Crippen molar-refractivity contribution in [3.8, 4) is 0 Å². The number of hydrogen-bond donors (Lipinski definition) is 3. The molecule has 0 amide bonds. The Labute approximate surface area is 132 Å². The lowest BCUT2D eigenvalue weighted by molar-refractivity contribution is 0.0302. The van der Waals surface area contributed by atoms with E-state index in [1.807, 2.05) is 0 Å². The van der Waals surface area contributed by atoms with Crippen LogP contribution in [0.5, 0.6) is 0 Å². The van der Waals surface area contributed by atoms with E-state index in [4.69, 9.17) is 11.6 Å². The maximum absolute atomic E-state index is 11.3. The Bertz CT molecular complexity index is 851. The lowest BCUT2D eigenvalue weighted by Gasteiger charge is -2.27. The molecule has 118 valence electrons. The fourth-order valence-corrected chi connectivity index (χ4v) is 4.97. The largest absolute Gasteiger partial charge is 0.385 e. The van der Waals surface area contributed by atoms with Gasteiger partial charge in [0.25, 0.3) is 0 Å². The van der Waals surface area contributed by atoms with E-state index in [-0.39, 0.29) is 17.9 Å². The average molecular weight is 342 g/mol. The van der Waals surface area contributed by atoms with Gasteiger partial charge in [-0.15, -0.1) is 0 Å². The van der Waals surface area contributed by atoms with Crippen molar-refractivity contribution in [3.63, 3.8) is 0 Å². The molecule has 1 aromatic heterocycles. The van der Waals surface area contributed by atoms with Crippen molar-refractivity contribution in [1.29, 1.82) is 0 Å². The zero-order valence-corrected chi connectivity index (χ0v) is 13.4. The normalized spacial score (nSPS) is 34.0. The van der Waals surface area contributed by atoms with Gasteiger partial charge in [-0.05, 0) is 36.8 Å². The molecule has 0 spiro atoms. The maximum Gasteiger partial charge on any atom is 0.208 e. The Morgan fingerprint density at radius 3 is 2.73 bits per heavy atom. The summed E-state index contributed by atoms with van der Waals surface area (Å²) in [5.41, 5.74) is 0.555. The van der Waals surface area contributed by atoms with Crippen molar-refractivity contribution in [2.45, 2.75) is 24.5 Å². The minimum absolute atomic E-state index is 0.0493. The molecule has 0 bridgehead atoms. The van der Waals surface area contributed by atoms with Crippen LogP contribution in [0, 0.1) is 11.8 Å². The summed E-state index contributed by atoms with van der Waals surface area (Å²) in [6.45, 7) is 0. The fourth-order valence-electron chi connectivity index (χ4n) is 3.89. The molecule has 1 aromatic carbocycles. The minimum Gasteiger partial charge on any atom is -0.385 e. The van der Waals surface area contributed by atoms with E-state index in [1.165, 1.54) is 6.26 Å². The zero-order chi connectivity index (χ0) is 15.7. The second-order valence-electron chi connectivity index (χ2n) is 6.47. The number of hydrogen-bond acceptors (Lipinski definition) is 4. The van der Waals surface area contributed by atoms with E-state index in [9.17, 15) is 13.5 Å². The molecule has 2 aromatic rings. The molecule has 6 nitrogen and oxygen atoms in total. The van der Waals surface area contributed by atoms with Crippen LogP contribution in [-0.4, -0.2) is 36.0 Å². The second-order valence-corrected chi connectivity index (χ2v) is 8.69.